The third-order valence-electron chi connectivity index (χ3n) is 4.46. The van der Waals surface area contributed by atoms with E-state index in [0.717, 1.165) is 47.7 Å². The molecule has 130 valence electrons. The van der Waals surface area contributed by atoms with Gasteiger partial charge in [0.1, 0.15) is 5.54 Å². The summed E-state index contributed by atoms with van der Waals surface area (Å²) < 4.78 is 0.875. The van der Waals surface area contributed by atoms with Crippen molar-refractivity contribution >= 4 is 29.0 Å². The molecule has 0 unspecified atom stereocenters. The molecule has 0 spiro atoms. The van der Waals surface area contributed by atoms with E-state index >= 15 is 0 Å². The second-order valence-electron chi connectivity index (χ2n) is 6.46. The Morgan fingerprint density at radius 1 is 1.32 bits per heavy atom. The number of hydrogen-bond donors (Lipinski definition) is 1. The molecule has 25 heavy (non-hydrogen) atoms. The first-order valence-corrected chi connectivity index (χ1v) is 10.3. The average molecular weight is 372 g/mol. The van der Waals surface area contributed by atoms with Crippen LogP contribution in [0, 0.1) is 18.3 Å². The lowest BCUT2D eigenvalue weighted by molar-refractivity contribution is -0.120. The Morgan fingerprint density at radius 2 is 2.04 bits per heavy atom. The Hall–Kier alpha value is -1.84. The lowest BCUT2D eigenvalue weighted by Gasteiger charge is -2.31. The molecule has 1 aliphatic rings. The summed E-state index contributed by atoms with van der Waals surface area (Å²) in [4.78, 5) is 16.9. The Bertz CT molecular complexity index is 771. The number of carbonyl (C=O) groups is 1. The van der Waals surface area contributed by atoms with Crippen LogP contribution in [-0.4, -0.2) is 22.2 Å². The van der Waals surface area contributed by atoms with Crippen molar-refractivity contribution in [2.75, 3.05) is 5.75 Å². The molecule has 1 aliphatic carbocycles. The highest BCUT2D eigenvalue weighted by Gasteiger charge is 2.33. The average Bonchev–Trinajstić information content (AvgIpc) is 3.10. The molecule has 0 bridgehead atoms. The van der Waals surface area contributed by atoms with E-state index in [1.165, 1.54) is 17.3 Å². The number of nitrogens with one attached hydrogen (secondary N) is 1. The highest BCUT2D eigenvalue weighted by molar-refractivity contribution is 8.01. The van der Waals surface area contributed by atoms with Gasteiger partial charge < -0.3 is 5.32 Å². The molecular weight excluding hydrogens is 350 g/mol. The number of thioether (sulfide) groups is 1. The standard InChI is InChI=1S/C19H21N3OS2/c1-14-5-7-15(8-6-14)16-11-24-18(21-16)25-12-17(23)22-19(13-20)9-3-2-4-10-19/h5-8,11H,2-4,9-10,12H2,1H3,(H,22,23). The summed E-state index contributed by atoms with van der Waals surface area (Å²) >= 11 is 2.98. The van der Waals surface area contributed by atoms with Crippen LogP contribution in [0.4, 0.5) is 0 Å². The highest BCUT2D eigenvalue weighted by Crippen LogP contribution is 2.30. The topological polar surface area (TPSA) is 65.8 Å². The van der Waals surface area contributed by atoms with E-state index in [4.69, 9.17) is 0 Å². The Morgan fingerprint density at radius 3 is 2.72 bits per heavy atom. The van der Waals surface area contributed by atoms with Crippen LogP contribution in [-0.2, 0) is 4.79 Å². The summed E-state index contributed by atoms with van der Waals surface area (Å²) in [5, 5.41) is 14.4. The van der Waals surface area contributed by atoms with E-state index < -0.39 is 5.54 Å². The van der Waals surface area contributed by atoms with Crippen molar-refractivity contribution in [1.29, 1.82) is 5.26 Å². The predicted octanol–water partition coefficient (Wildman–Crippen LogP) is 4.55. The molecule has 1 aromatic heterocycles. The summed E-state index contributed by atoms with van der Waals surface area (Å²) in [6.07, 6.45) is 4.68. The van der Waals surface area contributed by atoms with Crippen molar-refractivity contribution in [3.05, 3.63) is 35.2 Å². The van der Waals surface area contributed by atoms with E-state index in [2.05, 4.69) is 47.6 Å². The fourth-order valence-electron chi connectivity index (χ4n) is 3.03. The molecule has 2 aromatic rings. The molecule has 1 saturated carbocycles. The fraction of sp³-hybridized carbons (Fsp3) is 0.421. The Balaban J connectivity index is 1.56. The smallest absolute Gasteiger partial charge is 0.231 e. The van der Waals surface area contributed by atoms with Crippen LogP contribution in [0.3, 0.4) is 0 Å². The zero-order valence-corrected chi connectivity index (χ0v) is 15.9. The molecule has 4 nitrogen and oxygen atoms in total. The van der Waals surface area contributed by atoms with Crippen LogP contribution in [0.5, 0.6) is 0 Å². The lowest BCUT2D eigenvalue weighted by Crippen LogP contribution is -2.49. The first kappa shape index (κ1) is 18.0. The molecule has 0 saturated heterocycles. The number of aryl methyl sites for hydroxylation is 1. The maximum Gasteiger partial charge on any atom is 0.231 e. The van der Waals surface area contributed by atoms with Crippen molar-refractivity contribution in [1.82, 2.24) is 10.3 Å². The van der Waals surface area contributed by atoms with Crippen LogP contribution >= 0.6 is 23.1 Å². The molecule has 1 aromatic carbocycles. The minimum Gasteiger partial charge on any atom is -0.337 e. The molecule has 1 N–H and O–H groups in total. The monoisotopic (exact) mass is 371 g/mol. The second-order valence-corrected chi connectivity index (χ2v) is 8.54. The van der Waals surface area contributed by atoms with Crippen LogP contribution in [0.25, 0.3) is 11.3 Å². The largest absolute Gasteiger partial charge is 0.337 e. The van der Waals surface area contributed by atoms with E-state index in [-0.39, 0.29) is 5.91 Å². The van der Waals surface area contributed by atoms with Gasteiger partial charge in [-0.15, -0.1) is 11.3 Å². The number of thiazole rings is 1. The summed E-state index contributed by atoms with van der Waals surface area (Å²) in [6, 6.07) is 10.6. The fourth-order valence-corrected chi connectivity index (χ4v) is 4.67. The van der Waals surface area contributed by atoms with Crippen LogP contribution in [0.2, 0.25) is 0 Å². The normalized spacial score (nSPS) is 16.2. The molecule has 6 heteroatoms. The van der Waals surface area contributed by atoms with Crippen LogP contribution < -0.4 is 5.32 Å². The van der Waals surface area contributed by atoms with Gasteiger partial charge in [-0.25, -0.2) is 4.98 Å². The minimum absolute atomic E-state index is 0.0828. The van der Waals surface area contributed by atoms with E-state index in [9.17, 15) is 10.1 Å². The van der Waals surface area contributed by atoms with Gasteiger partial charge >= 0.3 is 0 Å². The van der Waals surface area contributed by atoms with Crippen molar-refractivity contribution < 1.29 is 4.79 Å². The minimum atomic E-state index is -0.661. The Labute approximate surface area is 156 Å². The van der Waals surface area contributed by atoms with Gasteiger partial charge in [-0.05, 0) is 19.8 Å². The summed E-state index contributed by atoms with van der Waals surface area (Å²) in [7, 11) is 0. The van der Waals surface area contributed by atoms with Gasteiger partial charge in [0.2, 0.25) is 5.91 Å². The molecule has 1 fully saturated rings. The van der Waals surface area contributed by atoms with Crippen molar-refractivity contribution in [2.45, 2.75) is 48.9 Å². The van der Waals surface area contributed by atoms with Gasteiger partial charge in [0.15, 0.2) is 4.34 Å². The molecule has 1 heterocycles. The summed E-state index contributed by atoms with van der Waals surface area (Å²) in [6.45, 7) is 2.06. The third kappa shape index (κ3) is 4.62. The number of benzene rings is 1. The molecule has 0 radical (unpaired) electrons. The van der Waals surface area contributed by atoms with E-state index in [1.54, 1.807) is 11.3 Å². The maximum atomic E-state index is 12.3. The lowest BCUT2D eigenvalue weighted by atomic mass is 9.83. The first-order valence-electron chi connectivity index (χ1n) is 8.48. The number of nitriles is 1. The number of hydrogen-bond acceptors (Lipinski definition) is 5. The number of aromatic nitrogens is 1. The molecule has 0 aliphatic heterocycles. The van der Waals surface area contributed by atoms with Gasteiger partial charge in [-0.3, -0.25) is 4.79 Å². The first-order chi connectivity index (χ1) is 12.1. The third-order valence-corrected chi connectivity index (χ3v) is 6.48. The highest BCUT2D eigenvalue weighted by atomic mass is 32.2. The van der Waals surface area contributed by atoms with Crippen molar-refractivity contribution in [2.24, 2.45) is 0 Å². The van der Waals surface area contributed by atoms with E-state index in [1.807, 2.05) is 5.38 Å². The SMILES string of the molecule is Cc1ccc(-c2csc(SCC(=O)NC3(C#N)CCCCC3)n2)cc1. The van der Waals surface area contributed by atoms with Gasteiger partial charge in [0.25, 0.3) is 0 Å². The number of amides is 1. The zero-order valence-electron chi connectivity index (χ0n) is 14.2. The van der Waals surface area contributed by atoms with Gasteiger partial charge in [0, 0.05) is 10.9 Å². The quantitative estimate of drug-likeness (QED) is 0.783. The van der Waals surface area contributed by atoms with E-state index in [0.29, 0.717) is 5.75 Å². The van der Waals surface area contributed by atoms with Crippen molar-refractivity contribution in [3.8, 4) is 17.3 Å². The molecular formula is C19H21N3OS2. The zero-order chi connectivity index (χ0) is 17.7. The van der Waals surface area contributed by atoms with Gasteiger partial charge in [-0.1, -0.05) is 60.9 Å². The number of carbonyl (C=O) groups excluding carboxylic acids is 1. The van der Waals surface area contributed by atoms with Gasteiger partial charge in [0.05, 0.1) is 17.5 Å². The maximum absolute atomic E-state index is 12.3. The summed E-state index contributed by atoms with van der Waals surface area (Å²) in [5.74, 6) is 0.213. The van der Waals surface area contributed by atoms with Crippen LogP contribution in [0.1, 0.15) is 37.7 Å². The molecule has 3 rings (SSSR count). The van der Waals surface area contributed by atoms with Crippen LogP contribution in [0.15, 0.2) is 34.0 Å². The number of nitrogens with zero attached hydrogens (tertiary/aromatic N) is 2. The molecule has 0 atom stereocenters. The molecule has 1 amide bonds. The predicted molar refractivity (Wildman–Crippen MR) is 103 cm³/mol. The Kier molecular flexibility index (Phi) is 5.77. The van der Waals surface area contributed by atoms with Gasteiger partial charge in [-0.2, -0.15) is 5.26 Å². The second kappa shape index (κ2) is 8.03. The summed E-state index contributed by atoms with van der Waals surface area (Å²) in [5.41, 5.74) is 2.59. The van der Waals surface area contributed by atoms with Crippen molar-refractivity contribution in [3.63, 3.8) is 0 Å². The number of rotatable bonds is 5.